The van der Waals surface area contributed by atoms with Crippen molar-refractivity contribution in [3.8, 4) is 5.75 Å². The molecule has 134 valence electrons. The smallest absolute Gasteiger partial charge is 0.337 e. The van der Waals surface area contributed by atoms with Crippen molar-refractivity contribution < 1.29 is 14.6 Å². The second-order valence-corrected chi connectivity index (χ2v) is 7.62. The molecule has 2 aromatic rings. The first-order valence-corrected chi connectivity index (χ1v) is 9.60. The number of benzene rings is 2. The first kappa shape index (κ1) is 17.2. The summed E-state index contributed by atoms with van der Waals surface area (Å²) >= 11 is 3.46. The number of ether oxygens (including phenoxy) is 1. The Hall–Kier alpha value is -2.27. The lowest BCUT2D eigenvalue weighted by molar-refractivity contribution is 0.0697. The predicted octanol–water partition coefficient (Wildman–Crippen LogP) is 5.37. The second-order valence-electron chi connectivity index (χ2n) is 6.70. The Bertz CT molecular complexity index is 876. The number of carboxylic acids is 1. The van der Waals surface area contributed by atoms with Gasteiger partial charge in [0.05, 0.1) is 23.9 Å². The summed E-state index contributed by atoms with van der Waals surface area (Å²) in [5.41, 5.74) is 3.24. The van der Waals surface area contributed by atoms with Crippen molar-refractivity contribution in [1.82, 2.24) is 0 Å². The molecule has 1 aliphatic carbocycles. The summed E-state index contributed by atoms with van der Waals surface area (Å²) in [5.74, 6) is 0.527. The maximum atomic E-state index is 11.8. The standard InChI is InChI=1S/C21H20BrNO3/c1-2-26-14-8-6-12(7-9-14)19-16-5-3-4-15(16)17-10-13(22)11-18(21(24)25)20(17)23-19/h3-4,6-11,15-16,19,23H,2,5H2,1H3,(H,24,25). The normalized spacial score (nSPS) is 23.1. The average molecular weight is 414 g/mol. The van der Waals surface area contributed by atoms with Crippen LogP contribution in [-0.4, -0.2) is 17.7 Å². The van der Waals surface area contributed by atoms with Gasteiger partial charge in [0, 0.05) is 10.4 Å². The minimum Gasteiger partial charge on any atom is -0.494 e. The van der Waals surface area contributed by atoms with Gasteiger partial charge in [-0.2, -0.15) is 0 Å². The topological polar surface area (TPSA) is 58.6 Å². The molecule has 0 radical (unpaired) electrons. The number of carbonyl (C=O) groups is 1. The van der Waals surface area contributed by atoms with Crippen molar-refractivity contribution in [3.05, 3.63) is 69.7 Å². The lowest BCUT2D eigenvalue weighted by atomic mass is 9.76. The lowest BCUT2D eigenvalue weighted by Gasteiger charge is -2.38. The van der Waals surface area contributed by atoms with Gasteiger partial charge in [-0.25, -0.2) is 4.79 Å². The van der Waals surface area contributed by atoms with Crippen LogP contribution in [0.5, 0.6) is 5.75 Å². The van der Waals surface area contributed by atoms with Crippen LogP contribution in [0.2, 0.25) is 0 Å². The zero-order valence-corrected chi connectivity index (χ0v) is 16.0. The van der Waals surface area contributed by atoms with Gasteiger partial charge >= 0.3 is 5.97 Å². The van der Waals surface area contributed by atoms with E-state index in [1.165, 1.54) is 0 Å². The zero-order chi connectivity index (χ0) is 18.3. The van der Waals surface area contributed by atoms with Crippen LogP contribution in [-0.2, 0) is 0 Å². The highest BCUT2D eigenvalue weighted by molar-refractivity contribution is 9.10. The molecule has 3 unspecified atom stereocenters. The van der Waals surface area contributed by atoms with Crippen molar-refractivity contribution in [3.63, 3.8) is 0 Å². The van der Waals surface area contributed by atoms with Gasteiger partial charge in [0.1, 0.15) is 5.75 Å². The molecule has 4 nitrogen and oxygen atoms in total. The fraction of sp³-hybridized carbons (Fsp3) is 0.286. The highest BCUT2D eigenvalue weighted by atomic mass is 79.9. The van der Waals surface area contributed by atoms with E-state index in [9.17, 15) is 9.90 Å². The third-order valence-electron chi connectivity index (χ3n) is 5.21. The number of fused-ring (bicyclic) bond motifs is 3. The minimum absolute atomic E-state index is 0.0671. The first-order chi connectivity index (χ1) is 12.6. The van der Waals surface area contributed by atoms with Crippen LogP contribution in [0.4, 0.5) is 5.69 Å². The van der Waals surface area contributed by atoms with E-state index in [0.29, 0.717) is 18.1 Å². The van der Waals surface area contributed by atoms with Gasteiger partial charge in [0.15, 0.2) is 0 Å². The molecule has 0 saturated heterocycles. The molecule has 0 saturated carbocycles. The van der Waals surface area contributed by atoms with Crippen LogP contribution < -0.4 is 10.1 Å². The maximum Gasteiger partial charge on any atom is 0.337 e. The van der Waals surface area contributed by atoms with Crippen LogP contribution in [0.1, 0.15) is 46.8 Å². The monoisotopic (exact) mass is 413 g/mol. The molecule has 4 rings (SSSR count). The van der Waals surface area contributed by atoms with Crippen LogP contribution in [0.25, 0.3) is 0 Å². The molecule has 2 aliphatic rings. The van der Waals surface area contributed by atoms with Crippen molar-refractivity contribution in [2.75, 3.05) is 11.9 Å². The molecular formula is C21H20BrNO3. The molecule has 0 aromatic heterocycles. The zero-order valence-electron chi connectivity index (χ0n) is 14.4. The van der Waals surface area contributed by atoms with Gasteiger partial charge in [-0.15, -0.1) is 0 Å². The van der Waals surface area contributed by atoms with Crippen LogP contribution in [0, 0.1) is 5.92 Å². The van der Waals surface area contributed by atoms with Gasteiger partial charge < -0.3 is 15.2 Å². The van der Waals surface area contributed by atoms with E-state index in [2.05, 4.69) is 45.5 Å². The largest absolute Gasteiger partial charge is 0.494 e. The molecule has 1 heterocycles. The highest BCUT2D eigenvalue weighted by Crippen LogP contribution is 2.51. The predicted molar refractivity (Wildman–Crippen MR) is 105 cm³/mol. The van der Waals surface area contributed by atoms with Gasteiger partial charge in [-0.1, -0.05) is 40.2 Å². The number of aromatic carboxylic acids is 1. The summed E-state index contributed by atoms with van der Waals surface area (Å²) in [4.78, 5) is 11.8. The van der Waals surface area contributed by atoms with Gasteiger partial charge in [-0.05, 0) is 54.7 Å². The molecule has 0 fully saturated rings. The van der Waals surface area contributed by atoms with E-state index in [-0.39, 0.29) is 12.0 Å². The Labute approximate surface area is 161 Å². The first-order valence-electron chi connectivity index (χ1n) is 8.81. The number of rotatable bonds is 4. The summed E-state index contributed by atoms with van der Waals surface area (Å²) in [5, 5.41) is 13.2. The number of nitrogens with one attached hydrogen (secondary N) is 1. The highest BCUT2D eigenvalue weighted by Gasteiger charge is 2.39. The minimum atomic E-state index is -0.916. The van der Waals surface area contributed by atoms with Crippen LogP contribution >= 0.6 is 15.9 Å². The van der Waals surface area contributed by atoms with Gasteiger partial charge in [0.25, 0.3) is 0 Å². The number of halogens is 1. The number of hydrogen-bond acceptors (Lipinski definition) is 3. The van der Waals surface area contributed by atoms with Crippen molar-refractivity contribution in [1.29, 1.82) is 0 Å². The van der Waals surface area contributed by atoms with Gasteiger partial charge in [-0.3, -0.25) is 0 Å². The maximum absolute atomic E-state index is 11.8. The third-order valence-corrected chi connectivity index (χ3v) is 5.67. The number of hydrogen-bond donors (Lipinski definition) is 2. The fourth-order valence-electron chi connectivity index (χ4n) is 4.10. The summed E-state index contributed by atoms with van der Waals surface area (Å²) in [6, 6.07) is 11.9. The Morgan fingerprint density at radius 2 is 2.08 bits per heavy atom. The molecule has 2 N–H and O–H groups in total. The Kier molecular flexibility index (Phi) is 4.49. The van der Waals surface area contributed by atoms with E-state index in [4.69, 9.17) is 4.74 Å². The molecule has 2 aromatic carbocycles. The molecule has 5 heteroatoms. The molecule has 0 bridgehead atoms. The van der Waals surface area contributed by atoms with Crippen LogP contribution in [0.15, 0.2) is 53.0 Å². The van der Waals surface area contributed by atoms with E-state index in [0.717, 1.165) is 33.5 Å². The summed E-state index contributed by atoms with van der Waals surface area (Å²) in [6.07, 6.45) is 5.39. The number of anilines is 1. The van der Waals surface area contributed by atoms with E-state index >= 15 is 0 Å². The fourth-order valence-corrected chi connectivity index (χ4v) is 4.58. The quantitative estimate of drug-likeness (QED) is 0.661. The average Bonchev–Trinajstić information content (AvgIpc) is 3.11. The molecule has 26 heavy (non-hydrogen) atoms. The van der Waals surface area contributed by atoms with E-state index < -0.39 is 5.97 Å². The van der Waals surface area contributed by atoms with Crippen molar-refractivity contribution in [2.45, 2.75) is 25.3 Å². The molecular weight excluding hydrogens is 394 g/mol. The summed E-state index contributed by atoms with van der Waals surface area (Å²) < 4.78 is 6.34. The molecule has 1 aliphatic heterocycles. The number of carboxylic acid groups (broad SMARTS) is 1. The number of allylic oxidation sites excluding steroid dienone is 2. The Balaban J connectivity index is 1.77. The third kappa shape index (κ3) is 2.90. The lowest BCUT2D eigenvalue weighted by Crippen LogP contribution is -2.30. The second kappa shape index (κ2) is 6.80. The summed E-state index contributed by atoms with van der Waals surface area (Å²) in [6.45, 7) is 2.60. The SMILES string of the molecule is CCOc1ccc(C2Nc3c(C(=O)O)cc(Br)cc3C3C=CCC32)cc1. The molecule has 3 atom stereocenters. The van der Waals surface area contributed by atoms with Crippen LogP contribution in [0.3, 0.4) is 0 Å². The van der Waals surface area contributed by atoms with Crippen molar-refractivity contribution >= 4 is 27.6 Å². The van der Waals surface area contributed by atoms with Crippen molar-refractivity contribution in [2.24, 2.45) is 5.92 Å². The van der Waals surface area contributed by atoms with Gasteiger partial charge in [0.2, 0.25) is 0 Å². The van der Waals surface area contributed by atoms with E-state index in [1.807, 2.05) is 25.1 Å². The molecule has 0 spiro atoms. The van der Waals surface area contributed by atoms with E-state index in [1.54, 1.807) is 6.07 Å². The Morgan fingerprint density at radius 3 is 2.77 bits per heavy atom. The molecule has 0 amide bonds. The summed E-state index contributed by atoms with van der Waals surface area (Å²) in [7, 11) is 0. The Morgan fingerprint density at radius 1 is 1.31 bits per heavy atom.